The Kier molecular flexibility index (Phi) is 5.10. The van der Waals surface area contributed by atoms with Crippen LogP contribution in [0, 0.1) is 5.41 Å². The maximum atomic E-state index is 6.81. The highest BCUT2D eigenvalue weighted by Gasteiger charge is 2.57. The lowest BCUT2D eigenvalue weighted by atomic mass is 9.88. The van der Waals surface area contributed by atoms with E-state index >= 15 is 0 Å². The molecular weight excluding hydrogens is 311 g/mol. The van der Waals surface area contributed by atoms with Gasteiger partial charge in [-0.1, -0.05) is 45.2 Å². The third-order valence-corrected chi connectivity index (χ3v) is 14.6. The van der Waals surface area contributed by atoms with Crippen LogP contribution < -0.4 is 0 Å². The molecular formula is C14H26Cl2OSi2. The van der Waals surface area contributed by atoms with Crippen molar-refractivity contribution < 1.29 is 4.74 Å². The molecule has 110 valence electrons. The predicted octanol–water partition coefficient (Wildman–Crippen LogP) is 5.60. The molecule has 1 heterocycles. The summed E-state index contributed by atoms with van der Waals surface area (Å²) in [6, 6.07) is 0. The predicted molar refractivity (Wildman–Crippen MR) is 91.8 cm³/mol. The monoisotopic (exact) mass is 336 g/mol. The molecule has 0 N–H and O–H groups in total. The van der Waals surface area contributed by atoms with Crippen molar-refractivity contribution in [3.8, 4) is 0 Å². The zero-order valence-corrected chi connectivity index (χ0v) is 16.6. The van der Waals surface area contributed by atoms with E-state index in [0.717, 1.165) is 6.42 Å². The number of rotatable bonds is 4. The lowest BCUT2D eigenvalue weighted by Crippen LogP contribution is -2.52. The molecule has 1 atom stereocenters. The summed E-state index contributed by atoms with van der Waals surface area (Å²) in [6.45, 7) is 11.4. The highest BCUT2D eigenvalue weighted by Crippen LogP contribution is 2.59. The van der Waals surface area contributed by atoms with Crippen LogP contribution in [0.3, 0.4) is 0 Å². The Hall–Kier alpha value is 0.294. The van der Waals surface area contributed by atoms with Gasteiger partial charge in [-0.2, -0.15) is 0 Å². The highest BCUT2D eigenvalue weighted by atomic mass is 35.7. The summed E-state index contributed by atoms with van der Waals surface area (Å²) in [5.41, 5.74) is 1.93. The second-order valence-electron chi connectivity index (χ2n) is 7.56. The second kappa shape index (κ2) is 5.59. The SMILES string of the molecule is CO/C=C\C1=C([Si](C)(C)C)[Si](Cl)(Cl)C1CC(C)(C)C. The summed E-state index contributed by atoms with van der Waals surface area (Å²) in [4.78, 5) is 1.39. The van der Waals surface area contributed by atoms with E-state index in [9.17, 15) is 0 Å². The molecule has 0 amide bonds. The maximum absolute atomic E-state index is 6.81. The first-order chi connectivity index (χ1) is 8.41. The van der Waals surface area contributed by atoms with Crippen molar-refractivity contribution in [1.29, 1.82) is 0 Å². The van der Waals surface area contributed by atoms with Gasteiger partial charge in [0, 0.05) is 5.54 Å². The average Bonchev–Trinajstić information content (AvgIpc) is 2.17. The van der Waals surface area contributed by atoms with E-state index in [-0.39, 0.29) is 5.41 Å². The van der Waals surface area contributed by atoms with E-state index in [4.69, 9.17) is 26.9 Å². The van der Waals surface area contributed by atoms with Crippen LogP contribution in [0.25, 0.3) is 0 Å². The average molecular weight is 337 g/mol. The van der Waals surface area contributed by atoms with Gasteiger partial charge in [0.25, 0.3) is 6.69 Å². The van der Waals surface area contributed by atoms with Crippen LogP contribution in [0.1, 0.15) is 27.2 Å². The van der Waals surface area contributed by atoms with Gasteiger partial charge in [0.1, 0.15) is 0 Å². The van der Waals surface area contributed by atoms with Crippen LogP contribution >= 0.6 is 22.2 Å². The fourth-order valence-corrected chi connectivity index (χ4v) is 17.8. The van der Waals surface area contributed by atoms with Gasteiger partial charge in [-0.25, -0.2) is 0 Å². The fraction of sp³-hybridized carbons (Fsp3) is 0.714. The van der Waals surface area contributed by atoms with Crippen molar-refractivity contribution in [3.05, 3.63) is 22.7 Å². The number of hydrogen-bond donors (Lipinski definition) is 0. The summed E-state index contributed by atoms with van der Waals surface area (Å²) in [7, 11) is 0.207. The molecule has 0 aromatic heterocycles. The standard InChI is InChI=1S/C14H26Cl2OSi2/c1-14(2,3)10-12-11(8-9-17-4)13(18(5,6)7)19(12,15)16/h8-9,12H,10H2,1-7H3/b9-8-. The molecule has 1 aliphatic rings. The minimum atomic E-state index is -2.29. The quantitative estimate of drug-likeness (QED) is 0.369. The van der Waals surface area contributed by atoms with Crippen LogP contribution in [0.5, 0.6) is 0 Å². The number of allylic oxidation sites excluding steroid dienone is 2. The van der Waals surface area contributed by atoms with Gasteiger partial charge in [0.05, 0.1) is 21.4 Å². The van der Waals surface area contributed by atoms with Crippen molar-refractivity contribution >= 4 is 36.9 Å². The van der Waals surface area contributed by atoms with Crippen molar-refractivity contribution in [2.75, 3.05) is 7.11 Å². The second-order valence-corrected chi connectivity index (χ2v) is 19.7. The van der Waals surface area contributed by atoms with Gasteiger partial charge < -0.3 is 4.74 Å². The van der Waals surface area contributed by atoms with Crippen LogP contribution in [0.2, 0.25) is 25.2 Å². The molecule has 0 aliphatic carbocycles. The Morgan fingerprint density at radius 1 is 1.26 bits per heavy atom. The summed E-state index contributed by atoms with van der Waals surface area (Å²) in [5, 5.41) is 0. The number of hydrogen-bond acceptors (Lipinski definition) is 1. The Morgan fingerprint density at radius 2 is 1.79 bits per heavy atom. The largest absolute Gasteiger partial charge is 0.504 e. The first-order valence-electron chi connectivity index (χ1n) is 6.73. The van der Waals surface area contributed by atoms with Crippen LogP contribution in [0.15, 0.2) is 22.7 Å². The van der Waals surface area contributed by atoms with Crippen LogP contribution in [-0.4, -0.2) is 21.9 Å². The van der Waals surface area contributed by atoms with Crippen LogP contribution in [-0.2, 0) is 4.74 Å². The lowest BCUT2D eigenvalue weighted by molar-refractivity contribution is 0.336. The van der Waals surface area contributed by atoms with E-state index in [2.05, 4.69) is 46.5 Å². The molecule has 0 aromatic rings. The molecule has 0 radical (unpaired) electrons. The molecule has 1 aliphatic heterocycles. The third kappa shape index (κ3) is 3.90. The van der Waals surface area contributed by atoms with Crippen molar-refractivity contribution in [2.45, 2.75) is 52.4 Å². The topological polar surface area (TPSA) is 9.23 Å². The molecule has 19 heavy (non-hydrogen) atoms. The van der Waals surface area contributed by atoms with E-state index in [0.29, 0.717) is 5.54 Å². The molecule has 0 spiro atoms. The van der Waals surface area contributed by atoms with E-state index in [1.807, 2.05) is 0 Å². The van der Waals surface area contributed by atoms with E-state index in [1.165, 1.54) is 10.4 Å². The minimum Gasteiger partial charge on any atom is -0.504 e. The molecule has 0 saturated carbocycles. The lowest BCUT2D eigenvalue weighted by Gasteiger charge is -2.49. The summed E-state index contributed by atoms with van der Waals surface area (Å²) in [6.07, 6.45) is 4.88. The molecule has 1 unspecified atom stereocenters. The van der Waals surface area contributed by atoms with Gasteiger partial charge in [-0.15, -0.1) is 22.2 Å². The molecule has 5 heteroatoms. The summed E-state index contributed by atoms with van der Waals surface area (Å²) in [5.74, 6) is 0. The Balaban J connectivity index is 3.20. The molecule has 1 nitrogen and oxygen atoms in total. The highest BCUT2D eigenvalue weighted by molar-refractivity contribution is 7.54. The Labute approximate surface area is 129 Å². The van der Waals surface area contributed by atoms with E-state index in [1.54, 1.807) is 13.4 Å². The van der Waals surface area contributed by atoms with Gasteiger partial charge >= 0.3 is 0 Å². The zero-order chi connectivity index (χ0) is 15.1. The molecule has 0 fully saturated rings. The first kappa shape index (κ1) is 17.3. The third-order valence-electron chi connectivity index (χ3n) is 3.39. The van der Waals surface area contributed by atoms with Crippen molar-refractivity contribution in [2.24, 2.45) is 5.41 Å². The molecule has 1 rings (SSSR count). The number of ether oxygens (including phenoxy) is 1. The van der Waals surface area contributed by atoms with Crippen LogP contribution in [0.4, 0.5) is 0 Å². The molecule has 0 saturated heterocycles. The van der Waals surface area contributed by atoms with Gasteiger partial charge in [0.2, 0.25) is 0 Å². The molecule has 0 bridgehead atoms. The smallest absolute Gasteiger partial charge is 0.280 e. The Morgan fingerprint density at radius 3 is 2.16 bits per heavy atom. The first-order valence-corrected chi connectivity index (χ1v) is 14.3. The normalized spacial score (nSPS) is 23.7. The summed E-state index contributed by atoms with van der Waals surface area (Å²) < 4.78 is 5.09. The van der Waals surface area contributed by atoms with E-state index < -0.39 is 14.8 Å². The van der Waals surface area contributed by atoms with Gasteiger partial charge in [0.15, 0.2) is 0 Å². The van der Waals surface area contributed by atoms with Gasteiger partial charge in [-0.05, 0) is 23.5 Å². The van der Waals surface area contributed by atoms with Crippen molar-refractivity contribution in [1.82, 2.24) is 0 Å². The maximum Gasteiger partial charge on any atom is 0.280 e. The molecule has 0 aromatic carbocycles. The number of halogens is 2. The fourth-order valence-electron chi connectivity index (χ4n) is 2.78. The number of methoxy groups -OCH3 is 1. The van der Waals surface area contributed by atoms with Crippen molar-refractivity contribution in [3.63, 3.8) is 0 Å². The zero-order valence-electron chi connectivity index (χ0n) is 13.1. The minimum absolute atomic E-state index is 0.240. The Bertz CT molecular complexity index is 401. The van der Waals surface area contributed by atoms with Gasteiger partial charge in [-0.3, -0.25) is 0 Å². The summed E-state index contributed by atoms with van der Waals surface area (Å²) >= 11 is 13.6.